The Labute approximate surface area is 126 Å². The van der Waals surface area contributed by atoms with Crippen LogP contribution in [0, 0.1) is 6.92 Å². The van der Waals surface area contributed by atoms with Gasteiger partial charge in [0.15, 0.2) is 0 Å². The second-order valence-electron chi connectivity index (χ2n) is 5.48. The van der Waals surface area contributed by atoms with Gasteiger partial charge < -0.3 is 5.32 Å². The Hall–Kier alpha value is -2.30. The Morgan fingerprint density at radius 3 is 2.55 bits per heavy atom. The van der Waals surface area contributed by atoms with Gasteiger partial charge in [-0.2, -0.15) is 13.2 Å². The Morgan fingerprint density at radius 1 is 1.09 bits per heavy atom. The third-order valence-corrected chi connectivity index (χ3v) is 3.89. The molecule has 2 aromatic carbocycles. The standard InChI is InChI=1S/C17H14F3NO/c1-10-6-7-15-13(8-10)12(9-16(22)21-15)11-4-2-3-5-14(11)17(18,19)20/h2-8,12H,9H2,1H3,(H,21,22)/t12-/m0/s1. The first-order valence-electron chi connectivity index (χ1n) is 6.93. The van der Waals surface area contributed by atoms with Crippen LogP contribution in [-0.2, 0) is 11.0 Å². The first-order valence-corrected chi connectivity index (χ1v) is 6.93. The van der Waals surface area contributed by atoms with Gasteiger partial charge in [-0.05, 0) is 30.2 Å². The average Bonchev–Trinajstić information content (AvgIpc) is 2.46. The van der Waals surface area contributed by atoms with E-state index in [9.17, 15) is 18.0 Å². The maximum absolute atomic E-state index is 13.3. The van der Waals surface area contributed by atoms with Gasteiger partial charge in [0, 0.05) is 18.0 Å². The molecule has 2 aromatic rings. The van der Waals surface area contributed by atoms with Crippen molar-refractivity contribution in [2.75, 3.05) is 5.32 Å². The van der Waals surface area contributed by atoms with E-state index in [2.05, 4.69) is 5.32 Å². The summed E-state index contributed by atoms with van der Waals surface area (Å²) in [5, 5.41) is 2.72. The number of nitrogens with one attached hydrogen (secondary N) is 1. The van der Waals surface area contributed by atoms with Crippen LogP contribution >= 0.6 is 0 Å². The molecular formula is C17H14F3NO. The maximum Gasteiger partial charge on any atom is 0.416 e. The second kappa shape index (κ2) is 5.16. The minimum atomic E-state index is -4.44. The Morgan fingerprint density at radius 2 is 1.82 bits per heavy atom. The van der Waals surface area contributed by atoms with Gasteiger partial charge in [0.25, 0.3) is 0 Å². The molecule has 1 N–H and O–H groups in total. The van der Waals surface area contributed by atoms with Crippen LogP contribution in [0.15, 0.2) is 42.5 Å². The molecule has 1 amide bonds. The lowest BCUT2D eigenvalue weighted by molar-refractivity contribution is -0.138. The molecule has 1 atom stereocenters. The summed E-state index contributed by atoms with van der Waals surface area (Å²) in [7, 11) is 0. The van der Waals surface area contributed by atoms with Crippen LogP contribution in [0.1, 0.15) is 34.6 Å². The number of anilines is 1. The molecule has 0 unspecified atom stereocenters. The smallest absolute Gasteiger partial charge is 0.326 e. The van der Waals surface area contributed by atoms with E-state index < -0.39 is 17.7 Å². The van der Waals surface area contributed by atoms with Crippen molar-refractivity contribution in [2.45, 2.75) is 25.4 Å². The van der Waals surface area contributed by atoms with Crippen LogP contribution in [0.4, 0.5) is 18.9 Å². The molecule has 0 aromatic heterocycles. The number of aryl methyl sites for hydroxylation is 1. The summed E-state index contributed by atoms with van der Waals surface area (Å²) in [5.41, 5.74) is 1.74. The number of halogens is 3. The number of fused-ring (bicyclic) bond motifs is 1. The number of benzene rings is 2. The molecule has 0 radical (unpaired) electrons. The normalized spacial score (nSPS) is 17.8. The van der Waals surface area contributed by atoms with E-state index in [1.807, 2.05) is 19.1 Å². The molecule has 0 aliphatic carbocycles. The van der Waals surface area contributed by atoms with Crippen LogP contribution in [0.25, 0.3) is 0 Å². The molecule has 3 rings (SSSR count). The summed E-state index contributed by atoms with van der Waals surface area (Å²) >= 11 is 0. The fourth-order valence-electron chi connectivity index (χ4n) is 2.92. The van der Waals surface area contributed by atoms with Crippen LogP contribution in [0.3, 0.4) is 0 Å². The summed E-state index contributed by atoms with van der Waals surface area (Å²) in [6.07, 6.45) is -4.42. The minimum Gasteiger partial charge on any atom is -0.326 e. The lowest BCUT2D eigenvalue weighted by Gasteiger charge is -2.28. The van der Waals surface area contributed by atoms with E-state index in [4.69, 9.17) is 0 Å². The number of alkyl halides is 3. The highest BCUT2D eigenvalue weighted by Gasteiger charge is 2.37. The van der Waals surface area contributed by atoms with Gasteiger partial charge in [0.05, 0.1) is 5.56 Å². The molecule has 2 nitrogen and oxygen atoms in total. The van der Waals surface area contributed by atoms with E-state index in [0.717, 1.165) is 17.2 Å². The number of carbonyl (C=O) groups is 1. The minimum absolute atomic E-state index is 0.0174. The Bertz CT molecular complexity index is 737. The summed E-state index contributed by atoms with van der Waals surface area (Å²) in [6.45, 7) is 1.88. The average molecular weight is 305 g/mol. The first kappa shape index (κ1) is 14.6. The summed E-state index contributed by atoms with van der Waals surface area (Å²) in [6, 6.07) is 10.9. The predicted octanol–water partition coefficient (Wildman–Crippen LogP) is 4.49. The number of hydrogen-bond acceptors (Lipinski definition) is 1. The van der Waals surface area contributed by atoms with Crippen molar-refractivity contribution in [3.05, 3.63) is 64.7 Å². The second-order valence-corrected chi connectivity index (χ2v) is 5.48. The van der Waals surface area contributed by atoms with Crippen molar-refractivity contribution in [3.63, 3.8) is 0 Å². The zero-order valence-corrected chi connectivity index (χ0v) is 11.9. The molecule has 0 spiro atoms. The van der Waals surface area contributed by atoms with Crippen LogP contribution in [0.5, 0.6) is 0 Å². The number of carbonyl (C=O) groups excluding carboxylic acids is 1. The summed E-state index contributed by atoms with van der Waals surface area (Å²) in [5.74, 6) is -0.847. The molecule has 1 heterocycles. The fraction of sp³-hybridized carbons (Fsp3) is 0.235. The van der Waals surface area contributed by atoms with Gasteiger partial charge in [0.1, 0.15) is 0 Å². The van der Waals surface area contributed by atoms with Crippen molar-refractivity contribution in [1.82, 2.24) is 0 Å². The highest BCUT2D eigenvalue weighted by Crippen LogP contribution is 2.42. The van der Waals surface area contributed by atoms with Gasteiger partial charge in [0.2, 0.25) is 5.91 Å². The highest BCUT2D eigenvalue weighted by molar-refractivity contribution is 5.95. The molecule has 0 bridgehead atoms. The summed E-state index contributed by atoms with van der Waals surface area (Å²) in [4.78, 5) is 11.9. The van der Waals surface area contributed by atoms with Gasteiger partial charge in [-0.1, -0.05) is 35.9 Å². The van der Waals surface area contributed by atoms with E-state index >= 15 is 0 Å². The molecule has 114 valence electrons. The quantitative estimate of drug-likeness (QED) is 0.826. The maximum atomic E-state index is 13.3. The SMILES string of the molecule is Cc1ccc2c(c1)[C@H](c1ccccc1C(F)(F)F)CC(=O)N2. The molecule has 0 saturated carbocycles. The van der Waals surface area contributed by atoms with Gasteiger partial charge in [-0.25, -0.2) is 0 Å². The van der Waals surface area contributed by atoms with Gasteiger partial charge in [-0.3, -0.25) is 4.79 Å². The number of hydrogen-bond donors (Lipinski definition) is 1. The van der Waals surface area contributed by atoms with E-state index in [1.165, 1.54) is 12.1 Å². The molecule has 0 saturated heterocycles. The van der Waals surface area contributed by atoms with Crippen LogP contribution < -0.4 is 5.32 Å². The third-order valence-electron chi connectivity index (χ3n) is 3.89. The van der Waals surface area contributed by atoms with E-state index in [0.29, 0.717) is 5.69 Å². The Kier molecular flexibility index (Phi) is 3.43. The molecule has 1 aliphatic heterocycles. The Balaban J connectivity index is 2.18. The highest BCUT2D eigenvalue weighted by atomic mass is 19.4. The predicted molar refractivity (Wildman–Crippen MR) is 77.7 cm³/mol. The molecule has 5 heteroatoms. The third kappa shape index (κ3) is 2.58. The van der Waals surface area contributed by atoms with Crippen molar-refractivity contribution in [1.29, 1.82) is 0 Å². The van der Waals surface area contributed by atoms with E-state index in [-0.39, 0.29) is 17.9 Å². The van der Waals surface area contributed by atoms with Crippen molar-refractivity contribution < 1.29 is 18.0 Å². The number of rotatable bonds is 1. The number of amides is 1. The summed E-state index contributed by atoms with van der Waals surface area (Å²) < 4.78 is 39.8. The molecule has 22 heavy (non-hydrogen) atoms. The molecular weight excluding hydrogens is 291 g/mol. The van der Waals surface area contributed by atoms with Crippen molar-refractivity contribution in [3.8, 4) is 0 Å². The molecule has 0 fully saturated rings. The monoisotopic (exact) mass is 305 g/mol. The lowest BCUT2D eigenvalue weighted by Crippen LogP contribution is -2.25. The first-order chi connectivity index (χ1) is 10.4. The van der Waals surface area contributed by atoms with Gasteiger partial charge in [-0.15, -0.1) is 0 Å². The van der Waals surface area contributed by atoms with Gasteiger partial charge >= 0.3 is 6.18 Å². The van der Waals surface area contributed by atoms with E-state index in [1.54, 1.807) is 12.1 Å². The fourth-order valence-corrected chi connectivity index (χ4v) is 2.92. The van der Waals surface area contributed by atoms with Crippen LogP contribution in [0.2, 0.25) is 0 Å². The van der Waals surface area contributed by atoms with Crippen LogP contribution in [-0.4, -0.2) is 5.91 Å². The van der Waals surface area contributed by atoms with Crippen molar-refractivity contribution in [2.24, 2.45) is 0 Å². The van der Waals surface area contributed by atoms with Crippen molar-refractivity contribution >= 4 is 11.6 Å². The zero-order valence-electron chi connectivity index (χ0n) is 11.9. The largest absolute Gasteiger partial charge is 0.416 e. The lowest BCUT2D eigenvalue weighted by atomic mass is 9.82. The zero-order chi connectivity index (χ0) is 15.9. The molecule has 1 aliphatic rings. The topological polar surface area (TPSA) is 29.1 Å².